The molecule has 2 aromatic carbocycles. The number of fused-ring (bicyclic) bond motifs is 1. The van der Waals surface area contributed by atoms with Gasteiger partial charge in [0.05, 0.1) is 6.54 Å². The van der Waals surface area contributed by atoms with Gasteiger partial charge in [-0.25, -0.2) is 4.79 Å². The van der Waals surface area contributed by atoms with E-state index >= 15 is 0 Å². The largest absolute Gasteiger partial charge is 0.423 e. The van der Waals surface area contributed by atoms with E-state index in [4.69, 9.17) is 10.2 Å². The van der Waals surface area contributed by atoms with Gasteiger partial charge in [0.1, 0.15) is 5.58 Å². The van der Waals surface area contributed by atoms with Crippen LogP contribution in [0.4, 0.5) is 5.69 Å². The monoisotopic (exact) mass is 308 g/mol. The zero-order chi connectivity index (χ0) is 16.4. The van der Waals surface area contributed by atoms with E-state index in [0.29, 0.717) is 17.7 Å². The minimum Gasteiger partial charge on any atom is -0.423 e. The lowest BCUT2D eigenvalue weighted by Crippen LogP contribution is -1.98. The van der Waals surface area contributed by atoms with Crippen LogP contribution in [0.25, 0.3) is 22.1 Å². The van der Waals surface area contributed by atoms with Crippen molar-refractivity contribution >= 4 is 16.7 Å². The third-order valence-corrected chi connectivity index (χ3v) is 3.90. The number of anilines is 1. The maximum atomic E-state index is 11.5. The molecule has 0 spiro atoms. The summed E-state index contributed by atoms with van der Waals surface area (Å²) in [5.74, 6) is 0. The summed E-state index contributed by atoms with van der Waals surface area (Å²) in [6, 6.07) is 12.9. The summed E-state index contributed by atoms with van der Waals surface area (Å²) in [6.07, 6.45) is 0.505. The van der Waals surface area contributed by atoms with Crippen molar-refractivity contribution in [2.45, 2.75) is 13.3 Å². The van der Waals surface area contributed by atoms with E-state index in [1.165, 1.54) is 6.07 Å². The first-order valence-electron chi connectivity index (χ1n) is 7.31. The van der Waals surface area contributed by atoms with Crippen molar-refractivity contribution in [3.8, 4) is 11.1 Å². The molecule has 2 N–H and O–H groups in total. The van der Waals surface area contributed by atoms with Crippen LogP contribution in [0, 0.1) is 11.8 Å². The third-order valence-electron chi connectivity index (χ3n) is 3.90. The van der Waals surface area contributed by atoms with Gasteiger partial charge in [-0.2, -0.15) is 4.91 Å². The fraction of sp³-hybridized carbons (Fsp3) is 0.167. The van der Waals surface area contributed by atoms with Crippen LogP contribution in [0.3, 0.4) is 0 Å². The summed E-state index contributed by atoms with van der Waals surface area (Å²) in [4.78, 5) is 21.9. The van der Waals surface area contributed by atoms with Crippen molar-refractivity contribution < 1.29 is 4.42 Å². The standard InChI is InChI=1S/C18H16N2O3/c1-11-8-18(21)23-17-10-13(2-4-15(11)17)12-3-5-16(19)14(9-12)6-7-20-22/h2-5,8-10H,6-7,19H2,1H3. The predicted molar refractivity (Wildman–Crippen MR) is 91.4 cm³/mol. The van der Waals surface area contributed by atoms with Crippen molar-refractivity contribution in [3.05, 3.63) is 68.9 Å². The number of nitrogens with zero attached hydrogens (tertiary/aromatic N) is 1. The fourth-order valence-corrected chi connectivity index (χ4v) is 2.67. The Labute approximate surface area is 132 Å². The minimum absolute atomic E-state index is 0.194. The Morgan fingerprint density at radius 3 is 2.61 bits per heavy atom. The average Bonchev–Trinajstić information content (AvgIpc) is 2.53. The van der Waals surface area contributed by atoms with Crippen molar-refractivity contribution in [2.75, 3.05) is 12.3 Å². The van der Waals surface area contributed by atoms with Crippen LogP contribution in [0.1, 0.15) is 11.1 Å². The second-order valence-corrected chi connectivity index (χ2v) is 5.48. The Bertz CT molecular complexity index is 945. The molecule has 0 aliphatic carbocycles. The number of nitrogens with two attached hydrogens (primary N) is 1. The molecule has 0 unspecified atom stereocenters. The van der Waals surface area contributed by atoms with Crippen LogP contribution in [-0.4, -0.2) is 6.54 Å². The van der Waals surface area contributed by atoms with E-state index in [2.05, 4.69) is 5.18 Å². The Kier molecular flexibility index (Phi) is 3.93. The summed E-state index contributed by atoms with van der Waals surface area (Å²) >= 11 is 0. The number of nitrogen functional groups attached to an aromatic ring is 1. The molecule has 0 amide bonds. The van der Waals surface area contributed by atoms with Crippen LogP contribution < -0.4 is 11.4 Å². The van der Waals surface area contributed by atoms with Crippen LogP contribution in [0.5, 0.6) is 0 Å². The summed E-state index contributed by atoms with van der Waals surface area (Å²) in [5, 5.41) is 3.79. The predicted octanol–water partition coefficient (Wildman–Crippen LogP) is 3.66. The second-order valence-electron chi connectivity index (χ2n) is 5.48. The van der Waals surface area contributed by atoms with Crippen LogP contribution in [0.2, 0.25) is 0 Å². The molecule has 0 bridgehead atoms. The molecule has 0 aliphatic heterocycles. The van der Waals surface area contributed by atoms with Gasteiger partial charge in [0.15, 0.2) is 0 Å². The normalized spacial score (nSPS) is 10.8. The Morgan fingerprint density at radius 1 is 1.09 bits per heavy atom. The van der Waals surface area contributed by atoms with Gasteiger partial charge in [0, 0.05) is 17.1 Å². The number of nitroso groups, excluding NO2 is 1. The summed E-state index contributed by atoms with van der Waals surface area (Å²) in [6.45, 7) is 2.08. The van der Waals surface area contributed by atoms with Crippen molar-refractivity contribution in [1.82, 2.24) is 0 Å². The molecule has 3 rings (SSSR count). The molecular weight excluding hydrogens is 292 g/mol. The van der Waals surface area contributed by atoms with Gasteiger partial charge in [0.2, 0.25) is 0 Å². The smallest absolute Gasteiger partial charge is 0.336 e. The average molecular weight is 308 g/mol. The maximum Gasteiger partial charge on any atom is 0.336 e. The highest BCUT2D eigenvalue weighted by molar-refractivity contribution is 5.85. The molecule has 3 aromatic rings. The molecular formula is C18H16N2O3. The fourth-order valence-electron chi connectivity index (χ4n) is 2.67. The van der Waals surface area contributed by atoms with Crippen molar-refractivity contribution in [2.24, 2.45) is 5.18 Å². The number of hydrogen-bond acceptors (Lipinski definition) is 5. The van der Waals surface area contributed by atoms with E-state index in [1.54, 1.807) is 0 Å². The van der Waals surface area contributed by atoms with E-state index in [-0.39, 0.29) is 12.2 Å². The zero-order valence-corrected chi connectivity index (χ0v) is 12.7. The SMILES string of the molecule is Cc1cc(=O)oc2cc(-c3ccc(N)c(CCN=O)c3)ccc12. The Morgan fingerprint density at radius 2 is 1.83 bits per heavy atom. The topological polar surface area (TPSA) is 85.7 Å². The number of hydrogen-bond donors (Lipinski definition) is 1. The molecule has 5 heteroatoms. The van der Waals surface area contributed by atoms with E-state index in [1.807, 2.05) is 43.3 Å². The molecule has 0 fully saturated rings. The lowest BCUT2D eigenvalue weighted by molar-refractivity contribution is 0.560. The molecule has 1 aromatic heterocycles. The number of benzene rings is 2. The second kappa shape index (κ2) is 6.04. The Balaban J connectivity index is 2.09. The molecule has 0 saturated carbocycles. The first-order chi connectivity index (χ1) is 11.1. The van der Waals surface area contributed by atoms with Crippen molar-refractivity contribution in [1.29, 1.82) is 0 Å². The zero-order valence-electron chi connectivity index (χ0n) is 12.7. The van der Waals surface area contributed by atoms with Crippen LogP contribution >= 0.6 is 0 Å². The van der Waals surface area contributed by atoms with Gasteiger partial charge in [-0.15, -0.1) is 0 Å². The van der Waals surface area contributed by atoms with E-state index in [0.717, 1.165) is 27.6 Å². The first kappa shape index (κ1) is 15.0. The van der Waals surface area contributed by atoms with E-state index < -0.39 is 0 Å². The van der Waals surface area contributed by atoms with Gasteiger partial charge in [-0.1, -0.05) is 23.4 Å². The number of aryl methyl sites for hydroxylation is 1. The molecule has 0 atom stereocenters. The summed E-state index contributed by atoms with van der Waals surface area (Å²) in [7, 11) is 0. The molecule has 0 saturated heterocycles. The third kappa shape index (κ3) is 2.99. The summed E-state index contributed by atoms with van der Waals surface area (Å²) < 4.78 is 5.29. The minimum atomic E-state index is -0.359. The van der Waals surface area contributed by atoms with Gasteiger partial charge in [-0.3, -0.25) is 0 Å². The molecule has 0 aliphatic rings. The lowest BCUT2D eigenvalue weighted by atomic mass is 9.99. The van der Waals surface area contributed by atoms with Gasteiger partial charge < -0.3 is 10.2 Å². The van der Waals surface area contributed by atoms with E-state index in [9.17, 15) is 9.70 Å². The quantitative estimate of drug-likeness (QED) is 0.453. The Hall–Kier alpha value is -2.95. The molecule has 0 radical (unpaired) electrons. The highest BCUT2D eigenvalue weighted by Crippen LogP contribution is 2.28. The van der Waals surface area contributed by atoms with Gasteiger partial charge >= 0.3 is 5.63 Å². The van der Waals surface area contributed by atoms with Crippen LogP contribution in [0.15, 0.2) is 56.9 Å². The highest BCUT2D eigenvalue weighted by Gasteiger charge is 2.07. The molecule has 23 heavy (non-hydrogen) atoms. The van der Waals surface area contributed by atoms with Gasteiger partial charge in [-0.05, 0) is 53.8 Å². The van der Waals surface area contributed by atoms with Crippen LogP contribution in [-0.2, 0) is 6.42 Å². The molecule has 5 nitrogen and oxygen atoms in total. The number of rotatable bonds is 4. The molecule has 1 heterocycles. The first-order valence-corrected chi connectivity index (χ1v) is 7.31. The maximum absolute atomic E-state index is 11.5. The summed E-state index contributed by atoms with van der Waals surface area (Å²) in [5.41, 5.74) is 10.4. The van der Waals surface area contributed by atoms with Gasteiger partial charge in [0.25, 0.3) is 0 Å². The van der Waals surface area contributed by atoms with Crippen molar-refractivity contribution in [3.63, 3.8) is 0 Å². The lowest BCUT2D eigenvalue weighted by Gasteiger charge is -2.09. The molecule has 116 valence electrons. The highest BCUT2D eigenvalue weighted by atomic mass is 16.4.